The molecule has 0 radical (unpaired) electrons. The van der Waals surface area contributed by atoms with Crippen LogP contribution in [0.5, 0.6) is 5.75 Å². The molecule has 0 aliphatic carbocycles. The Labute approximate surface area is 136 Å². The zero-order valence-electron chi connectivity index (χ0n) is 14.4. The van der Waals surface area contributed by atoms with Crippen molar-refractivity contribution >= 4 is 11.7 Å². The Morgan fingerprint density at radius 2 is 1.96 bits per heavy atom. The third-order valence-corrected chi connectivity index (χ3v) is 3.76. The van der Waals surface area contributed by atoms with E-state index in [0.717, 1.165) is 12.8 Å². The topological polar surface area (TPSA) is 55.4 Å². The summed E-state index contributed by atoms with van der Waals surface area (Å²) in [6.45, 7) is 7.40. The number of ether oxygens (including phenoxy) is 1. The maximum atomic E-state index is 14.0. The number of Topliss-reactive ketones (excluding diaryl/α,β-unsaturated/α-hetero) is 1. The lowest BCUT2D eigenvalue weighted by Crippen LogP contribution is -2.29. The van der Waals surface area contributed by atoms with E-state index in [1.807, 2.05) is 6.92 Å². The largest absolute Gasteiger partial charge is 0.496 e. The quantitative estimate of drug-likeness (QED) is 0.275. The van der Waals surface area contributed by atoms with Gasteiger partial charge in [-0.25, -0.2) is 4.39 Å². The molecule has 0 saturated heterocycles. The van der Waals surface area contributed by atoms with E-state index in [2.05, 4.69) is 5.32 Å². The van der Waals surface area contributed by atoms with Gasteiger partial charge in [0.25, 0.3) is 5.91 Å². The summed E-state index contributed by atoms with van der Waals surface area (Å²) in [5.41, 5.74) is 1.02. The van der Waals surface area contributed by atoms with Gasteiger partial charge < -0.3 is 10.1 Å². The first kappa shape index (κ1) is 18.9. The number of methoxy groups -OCH3 is 1. The van der Waals surface area contributed by atoms with Crippen LogP contribution in [-0.2, 0) is 4.79 Å². The van der Waals surface area contributed by atoms with E-state index >= 15 is 0 Å². The summed E-state index contributed by atoms with van der Waals surface area (Å²) in [7, 11) is 1.43. The Morgan fingerprint density at radius 3 is 2.48 bits per heavy atom. The monoisotopic (exact) mass is 321 g/mol. The van der Waals surface area contributed by atoms with Crippen molar-refractivity contribution in [3.63, 3.8) is 0 Å². The highest BCUT2D eigenvalue weighted by molar-refractivity contribution is 6.26. The number of amides is 1. The van der Waals surface area contributed by atoms with Crippen molar-refractivity contribution < 1.29 is 18.7 Å². The number of carbonyl (C=O) groups excluding carboxylic acids is 2. The van der Waals surface area contributed by atoms with Crippen LogP contribution in [0.3, 0.4) is 0 Å². The molecule has 1 amide bonds. The summed E-state index contributed by atoms with van der Waals surface area (Å²) < 4.78 is 19.2. The number of carbonyl (C=O) groups is 2. The summed E-state index contributed by atoms with van der Waals surface area (Å²) in [5.74, 6) is -1.14. The van der Waals surface area contributed by atoms with Gasteiger partial charge in [0, 0.05) is 23.2 Å². The molecule has 0 aliphatic rings. The van der Waals surface area contributed by atoms with E-state index in [1.165, 1.54) is 19.3 Å². The minimum Gasteiger partial charge on any atom is -0.496 e. The number of ketones is 1. The van der Waals surface area contributed by atoms with Gasteiger partial charge in [-0.15, -0.1) is 0 Å². The molecule has 0 heterocycles. The maximum absolute atomic E-state index is 14.0. The molecule has 1 rings (SSSR count). The lowest BCUT2D eigenvalue weighted by Gasteiger charge is -2.14. The van der Waals surface area contributed by atoms with Crippen LogP contribution < -0.4 is 10.1 Å². The van der Waals surface area contributed by atoms with E-state index in [1.54, 1.807) is 20.8 Å². The Balaban J connectivity index is 3.17. The Kier molecular flexibility index (Phi) is 6.94. The highest BCUT2D eigenvalue weighted by Crippen LogP contribution is 2.29. The first-order valence-electron chi connectivity index (χ1n) is 7.71. The molecule has 1 aromatic rings. The third-order valence-electron chi connectivity index (χ3n) is 3.76. The molecule has 0 fully saturated rings. The van der Waals surface area contributed by atoms with Crippen LogP contribution in [0.15, 0.2) is 17.7 Å². The second-order valence-electron chi connectivity index (χ2n) is 5.33. The number of hydrogen-bond donors (Lipinski definition) is 1. The van der Waals surface area contributed by atoms with Crippen molar-refractivity contribution in [3.05, 3.63) is 40.2 Å². The minimum atomic E-state index is -0.530. The van der Waals surface area contributed by atoms with Gasteiger partial charge in [-0.05, 0) is 33.3 Å². The fourth-order valence-electron chi connectivity index (χ4n) is 2.38. The molecule has 0 atom stereocenters. The maximum Gasteiger partial charge on any atom is 0.254 e. The van der Waals surface area contributed by atoms with Crippen molar-refractivity contribution in [2.24, 2.45) is 0 Å². The van der Waals surface area contributed by atoms with E-state index in [0.29, 0.717) is 23.4 Å². The average molecular weight is 321 g/mol. The summed E-state index contributed by atoms with van der Waals surface area (Å²) in [4.78, 5) is 24.8. The molecular formula is C18H24FNO3. The molecule has 0 saturated carbocycles. The summed E-state index contributed by atoms with van der Waals surface area (Å²) in [6.07, 6.45) is 3.23. The van der Waals surface area contributed by atoms with Gasteiger partial charge >= 0.3 is 0 Å². The van der Waals surface area contributed by atoms with Crippen molar-refractivity contribution in [1.29, 1.82) is 0 Å². The second-order valence-corrected chi connectivity index (χ2v) is 5.33. The van der Waals surface area contributed by atoms with Crippen LogP contribution in [0.1, 0.15) is 48.2 Å². The molecule has 0 aromatic heterocycles. The molecule has 23 heavy (non-hydrogen) atoms. The first-order chi connectivity index (χ1) is 10.9. The number of allylic oxidation sites excluding steroid dienone is 1. The van der Waals surface area contributed by atoms with Crippen LogP contribution in [0.2, 0.25) is 0 Å². The van der Waals surface area contributed by atoms with Crippen molar-refractivity contribution in [2.75, 3.05) is 13.7 Å². The van der Waals surface area contributed by atoms with Gasteiger partial charge in [0.05, 0.1) is 12.7 Å². The van der Waals surface area contributed by atoms with Gasteiger partial charge in [-0.2, -0.15) is 0 Å². The fourth-order valence-corrected chi connectivity index (χ4v) is 2.38. The zero-order chi connectivity index (χ0) is 17.6. The summed E-state index contributed by atoms with van der Waals surface area (Å²) >= 11 is 0. The van der Waals surface area contributed by atoms with Gasteiger partial charge in [0.1, 0.15) is 11.6 Å². The molecule has 5 heteroatoms. The van der Waals surface area contributed by atoms with Crippen molar-refractivity contribution in [1.82, 2.24) is 5.32 Å². The molecule has 0 bridgehead atoms. The van der Waals surface area contributed by atoms with Gasteiger partial charge in [-0.1, -0.05) is 19.4 Å². The standard InChI is InChI=1S/C18H24FNO3/c1-6-8-9-20-18(22)13(7-2)16(21)14-10-15(19)12(4)17(23-5)11(14)3/h7,10H,6,8-9H2,1-5H3,(H,20,22)/b13-7+. The van der Waals surface area contributed by atoms with Crippen LogP contribution >= 0.6 is 0 Å². The molecule has 1 N–H and O–H groups in total. The molecule has 0 unspecified atom stereocenters. The van der Waals surface area contributed by atoms with Gasteiger partial charge in [0.15, 0.2) is 5.78 Å². The van der Waals surface area contributed by atoms with Crippen LogP contribution in [0.25, 0.3) is 0 Å². The normalized spacial score (nSPS) is 11.3. The lowest BCUT2D eigenvalue weighted by molar-refractivity contribution is -0.117. The first-order valence-corrected chi connectivity index (χ1v) is 7.71. The predicted molar refractivity (Wildman–Crippen MR) is 88.4 cm³/mol. The van der Waals surface area contributed by atoms with Crippen molar-refractivity contribution in [3.8, 4) is 5.75 Å². The molecule has 126 valence electrons. The van der Waals surface area contributed by atoms with E-state index in [9.17, 15) is 14.0 Å². The molecule has 0 spiro atoms. The zero-order valence-corrected chi connectivity index (χ0v) is 14.4. The van der Waals surface area contributed by atoms with E-state index in [4.69, 9.17) is 4.74 Å². The number of nitrogens with one attached hydrogen (secondary N) is 1. The Hall–Kier alpha value is -2.17. The highest BCUT2D eigenvalue weighted by atomic mass is 19.1. The van der Waals surface area contributed by atoms with Crippen LogP contribution in [0.4, 0.5) is 4.39 Å². The Morgan fingerprint density at radius 1 is 1.30 bits per heavy atom. The second kappa shape index (κ2) is 8.46. The summed E-state index contributed by atoms with van der Waals surface area (Å²) in [5, 5.41) is 2.71. The summed E-state index contributed by atoms with van der Waals surface area (Å²) in [6, 6.07) is 1.17. The van der Waals surface area contributed by atoms with E-state index < -0.39 is 17.5 Å². The molecule has 1 aromatic carbocycles. The van der Waals surface area contributed by atoms with Gasteiger partial charge in [-0.3, -0.25) is 9.59 Å². The number of unbranched alkanes of at least 4 members (excludes halogenated alkanes) is 1. The smallest absolute Gasteiger partial charge is 0.254 e. The fraction of sp³-hybridized carbons (Fsp3) is 0.444. The SMILES string of the molecule is C/C=C(/C(=O)NCCCC)C(=O)c1cc(F)c(C)c(OC)c1C. The van der Waals surface area contributed by atoms with E-state index in [-0.39, 0.29) is 11.1 Å². The highest BCUT2D eigenvalue weighted by Gasteiger charge is 2.24. The van der Waals surface area contributed by atoms with Crippen LogP contribution in [0, 0.1) is 19.7 Å². The minimum absolute atomic E-state index is 0.00880. The number of benzene rings is 1. The van der Waals surface area contributed by atoms with Gasteiger partial charge in [0.2, 0.25) is 0 Å². The number of halogens is 1. The Bertz CT molecular complexity index is 636. The third kappa shape index (κ3) is 4.18. The molecule has 4 nitrogen and oxygen atoms in total. The number of rotatable bonds is 7. The average Bonchev–Trinajstić information content (AvgIpc) is 2.52. The van der Waals surface area contributed by atoms with Crippen LogP contribution in [-0.4, -0.2) is 25.3 Å². The van der Waals surface area contributed by atoms with Crippen molar-refractivity contribution in [2.45, 2.75) is 40.5 Å². The molecule has 0 aliphatic heterocycles. The molecular weight excluding hydrogens is 297 g/mol. The number of hydrogen-bond acceptors (Lipinski definition) is 3. The lowest BCUT2D eigenvalue weighted by atomic mass is 9.95. The predicted octanol–water partition coefficient (Wildman–Crippen LogP) is 3.50.